The van der Waals surface area contributed by atoms with Crippen molar-refractivity contribution in [3.8, 4) is 0 Å². The molecule has 0 spiro atoms. The van der Waals surface area contributed by atoms with E-state index >= 15 is 0 Å². The number of hydrogen-bond donors (Lipinski definition) is 1. The molecule has 1 aliphatic heterocycles. The SMILES string of the molecule is O=S1(=O)CCN(c2cnc(CO)cn2)CC1. The highest BCUT2D eigenvalue weighted by atomic mass is 32.2. The van der Waals surface area contributed by atoms with Crippen molar-refractivity contribution in [2.45, 2.75) is 6.61 Å². The van der Waals surface area contributed by atoms with Crippen LogP contribution < -0.4 is 4.90 Å². The van der Waals surface area contributed by atoms with Crippen molar-refractivity contribution in [1.82, 2.24) is 9.97 Å². The number of aliphatic hydroxyl groups is 1. The van der Waals surface area contributed by atoms with Crippen molar-refractivity contribution in [3.63, 3.8) is 0 Å². The van der Waals surface area contributed by atoms with E-state index < -0.39 is 9.84 Å². The van der Waals surface area contributed by atoms with Gasteiger partial charge in [0.05, 0.1) is 36.2 Å². The zero-order chi connectivity index (χ0) is 11.6. The molecule has 1 aromatic heterocycles. The van der Waals surface area contributed by atoms with Crippen LogP contribution >= 0.6 is 0 Å². The molecule has 0 unspecified atom stereocenters. The molecule has 0 radical (unpaired) electrons. The van der Waals surface area contributed by atoms with Crippen LogP contribution in [0.4, 0.5) is 5.82 Å². The standard InChI is InChI=1S/C9H13N3O3S/c13-7-8-5-11-9(6-10-8)12-1-3-16(14,15)4-2-12/h5-6,13H,1-4,7H2. The zero-order valence-corrected chi connectivity index (χ0v) is 9.52. The van der Waals surface area contributed by atoms with Crippen LogP contribution in [0, 0.1) is 0 Å². The third kappa shape index (κ3) is 2.48. The normalized spacial score (nSPS) is 19.7. The molecule has 0 atom stereocenters. The van der Waals surface area contributed by atoms with Gasteiger partial charge >= 0.3 is 0 Å². The summed E-state index contributed by atoms with van der Waals surface area (Å²) in [5.41, 5.74) is 0.508. The fourth-order valence-electron chi connectivity index (χ4n) is 1.53. The van der Waals surface area contributed by atoms with E-state index in [1.165, 1.54) is 6.20 Å². The lowest BCUT2D eigenvalue weighted by Gasteiger charge is -2.27. The maximum atomic E-state index is 11.2. The minimum atomic E-state index is -2.87. The number of hydrogen-bond acceptors (Lipinski definition) is 6. The van der Waals surface area contributed by atoms with Crippen molar-refractivity contribution in [2.24, 2.45) is 0 Å². The van der Waals surface area contributed by atoms with Gasteiger partial charge in [-0.15, -0.1) is 0 Å². The number of aromatic nitrogens is 2. The number of aliphatic hydroxyl groups excluding tert-OH is 1. The van der Waals surface area contributed by atoms with E-state index in [9.17, 15) is 8.42 Å². The molecule has 2 rings (SSSR count). The minimum absolute atomic E-state index is 0.137. The van der Waals surface area contributed by atoms with Crippen LogP contribution in [0.3, 0.4) is 0 Å². The minimum Gasteiger partial charge on any atom is -0.390 e. The quantitative estimate of drug-likeness (QED) is 0.732. The van der Waals surface area contributed by atoms with Gasteiger partial charge in [0.1, 0.15) is 5.82 Å². The predicted octanol–water partition coefficient (Wildman–Crippen LogP) is -0.796. The lowest BCUT2D eigenvalue weighted by Crippen LogP contribution is -2.40. The van der Waals surface area contributed by atoms with Gasteiger partial charge in [0.25, 0.3) is 0 Å². The first kappa shape index (κ1) is 11.3. The van der Waals surface area contributed by atoms with Crippen LogP contribution in [0.15, 0.2) is 12.4 Å². The van der Waals surface area contributed by atoms with Crippen LogP contribution in [-0.4, -0.2) is 48.1 Å². The Hall–Kier alpha value is -1.21. The Bertz CT molecular complexity index is 443. The van der Waals surface area contributed by atoms with Crippen molar-refractivity contribution >= 4 is 15.7 Å². The molecule has 7 heteroatoms. The fourth-order valence-corrected chi connectivity index (χ4v) is 2.74. The predicted molar refractivity (Wildman–Crippen MR) is 58.8 cm³/mol. The molecular formula is C9H13N3O3S. The average molecular weight is 243 g/mol. The van der Waals surface area contributed by atoms with E-state index in [0.29, 0.717) is 24.6 Å². The third-order valence-electron chi connectivity index (χ3n) is 2.52. The van der Waals surface area contributed by atoms with Gasteiger partial charge in [-0.05, 0) is 0 Å². The van der Waals surface area contributed by atoms with Crippen LogP contribution in [0.2, 0.25) is 0 Å². The molecule has 2 heterocycles. The first-order valence-corrected chi connectivity index (χ1v) is 6.80. The Morgan fingerprint density at radius 2 is 1.94 bits per heavy atom. The lowest BCUT2D eigenvalue weighted by molar-refractivity contribution is 0.276. The van der Waals surface area contributed by atoms with Crippen molar-refractivity contribution in [1.29, 1.82) is 0 Å². The second kappa shape index (κ2) is 4.34. The summed E-state index contributed by atoms with van der Waals surface area (Å²) in [4.78, 5) is 10.0. The fraction of sp³-hybridized carbons (Fsp3) is 0.556. The first-order chi connectivity index (χ1) is 7.61. The van der Waals surface area contributed by atoms with Gasteiger partial charge in [-0.3, -0.25) is 4.98 Å². The summed E-state index contributed by atoms with van der Waals surface area (Å²) in [6.45, 7) is 0.770. The molecule has 0 amide bonds. The van der Waals surface area contributed by atoms with Gasteiger partial charge in [0.2, 0.25) is 0 Å². The molecule has 0 aromatic carbocycles. The van der Waals surface area contributed by atoms with Crippen LogP contribution in [0.25, 0.3) is 0 Å². The highest BCUT2D eigenvalue weighted by molar-refractivity contribution is 7.91. The van der Waals surface area contributed by atoms with Crippen molar-refractivity contribution in [3.05, 3.63) is 18.1 Å². The maximum Gasteiger partial charge on any atom is 0.153 e. The van der Waals surface area contributed by atoms with Crippen LogP contribution in [0.5, 0.6) is 0 Å². The second-order valence-electron chi connectivity index (χ2n) is 3.66. The van der Waals surface area contributed by atoms with Crippen molar-refractivity contribution in [2.75, 3.05) is 29.5 Å². The molecule has 1 saturated heterocycles. The highest BCUT2D eigenvalue weighted by Crippen LogP contribution is 2.13. The summed E-state index contributed by atoms with van der Waals surface area (Å²) in [6, 6.07) is 0. The van der Waals surface area contributed by atoms with Gasteiger partial charge in [0, 0.05) is 13.1 Å². The third-order valence-corrected chi connectivity index (χ3v) is 4.13. The Morgan fingerprint density at radius 3 is 2.44 bits per heavy atom. The largest absolute Gasteiger partial charge is 0.390 e. The molecule has 1 aliphatic rings. The molecule has 6 nitrogen and oxygen atoms in total. The van der Waals surface area contributed by atoms with Gasteiger partial charge in [-0.2, -0.15) is 0 Å². The number of anilines is 1. The van der Waals surface area contributed by atoms with E-state index in [-0.39, 0.29) is 18.1 Å². The average Bonchev–Trinajstić information content (AvgIpc) is 2.29. The molecule has 0 saturated carbocycles. The summed E-state index contributed by atoms with van der Waals surface area (Å²) in [5, 5.41) is 8.81. The van der Waals surface area contributed by atoms with Crippen molar-refractivity contribution < 1.29 is 13.5 Å². The van der Waals surface area contributed by atoms with E-state index in [4.69, 9.17) is 5.11 Å². The summed E-state index contributed by atoms with van der Waals surface area (Å²) >= 11 is 0. The topological polar surface area (TPSA) is 83.4 Å². The zero-order valence-electron chi connectivity index (χ0n) is 8.70. The first-order valence-electron chi connectivity index (χ1n) is 4.98. The monoisotopic (exact) mass is 243 g/mol. The van der Waals surface area contributed by atoms with Crippen LogP contribution in [0.1, 0.15) is 5.69 Å². The summed E-state index contributed by atoms with van der Waals surface area (Å²) in [6.07, 6.45) is 3.06. The van der Waals surface area contributed by atoms with Gasteiger partial charge in [0.15, 0.2) is 9.84 Å². The Kier molecular flexibility index (Phi) is 3.06. The van der Waals surface area contributed by atoms with E-state index in [0.717, 1.165) is 0 Å². The molecule has 0 bridgehead atoms. The number of nitrogens with zero attached hydrogens (tertiary/aromatic N) is 3. The lowest BCUT2D eigenvalue weighted by atomic mass is 10.4. The Morgan fingerprint density at radius 1 is 1.25 bits per heavy atom. The van der Waals surface area contributed by atoms with E-state index in [2.05, 4.69) is 9.97 Å². The van der Waals surface area contributed by atoms with E-state index in [1.54, 1.807) is 6.20 Å². The highest BCUT2D eigenvalue weighted by Gasteiger charge is 2.22. The second-order valence-corrected chi connectivity index (χ2v) is 5.97. The maximum absolute atomic E-state index is 11.2. The van der Waals surface area contributed by atoms with E-state index in [1.807, 2.05) is 4.90 Å². The Labute approximate surface area is 93.9 Å². The molecular weight excluding hydrogens is 230 g/mol. The molecule has 88 valence electrons. The molecule has 0 aliphatic carbocycles. The summed E-state index contributed by atoms with van der Waals surface area (Å²) in [7, 11) is -2.87. The molecule has 1 aromatic rings. The smallest absolute Gasteiger partial charge is 0.153 e. The number of sulfone groups is 1. The summed E-state index contributed by atoms with van der Waals surface area (Å²) < 4.78 is 22.5. The summed E-state index contributed by atoms with van der Waals surface area (Å²) in [5.74, 6) is 0.986. The number of rotatable bonds is 2. The van der Waals surface area contributed by atoms with Gasteiger partial charge < -0.3 is 10.0 Å². The van der Waals surface area contributed by atoms with Crippen LogP contribution in [-0.2, 0) is 16.4 Å². The molecule has 1 fully saturated rings. The van der Waals surface area contributed by atoms with Gasteiger partial charge in [-0.25, -0.2) is 13.4 Å². The molecule has 16 heavy (non-hydrogen) atoms. The van der Waals surface area contributed by atoms with Gasteiger partial charge in [-0.1, -0.05) is 0 Å². The molecule has 1 N–H and O–H groups in total. The Balaban J connectivity index is 2.08.